The molecular weight excluding hydrogens is 469 g/mol. The Balaban J connectivity index is 1.52. The van der Waals surface area contributed by atoms with Gasteiger partial charge in [-0.3, -0.25) is 4.79 Å². The molecule has 9 nitrogen and oxygen atoms in total. The Kier molecular flexibility index (Phi) is 7.50. The second-order valence-corrected chi connectivity index (χ2v) is 8.59. The topological polar surface area (TPSA) is 121 Å². The van der Waals surface area contributed by atoms with Crippen LogP contribution in [0.15, 0.2) is 51.9 Å². The molecule has 0 radical (unpaired) electrons. The summed E-state index contributed by atoms with van der Waals surface area (Å²) >= 11 is 11.8. The van der Waals surface area contributed by atoms with Crippen LogP contribution >= 0.6 is 23.2 Å². The zero-order valence-electron chi connectivity index (χ0n) is 16.2. The van der Waals surface area contributed by atoms with Gasteiger partial charge in [0, 0.05) is 6.54 Å². The first-order valence-electron chi connectivity index (χ1n) is 8.87. The maximum absolute atomic E-state index is 12.3. The minimum Gasteiger partial charge on any atom is -0.496 e. The summed E-state index contributed by atoms with van der Waals surface area (Å²) in [6.45, 7) is -0.469. The van der Waals surface area contributed by atoms with Crippen LogP contribution in [0.1, 0.15) is 12.3 Å². The Morgan fingerprint density at radius 2 is 1.84 bits per heavy atom. The van der Waals surface area contributed by atoms with Gasteiger partial charge >= 0.3 is 5.97 Å². The van der Waals surface area contributed by atoms with Crippen LogP contribution in [0, 0.1) is 0 Å². The third kappa shape index (κ3) is 5.73. The van der Waals surface area contributed by atoms with Crippen molar-refractivity contribution in [1.82, 2.24) is 14.9 Å². The monoisotopic (exact) mass is 485 g/mol. The van der Waals surface area contributed by atoms with E-state index >= 15 is 0 Å². The lowest BCUT2D eigenvalue weighted by Gasteiger charge is -2.09. The Hall–Kier alpha value is -2.66. The van der Waals surface area contributed by atoms with E-state index in [1.165, 1.54) is 25.3 Å². The van der Waals surface area contributed by atoms with Crippen molar-refractivity contribution in [2.24, 2.45) is 0 Å². The molecular formula is C19H17Cl2N3O6S. The quantitative estimate of drug-likeness (QED) is 0.457. The first-order chi connectivity index (χ1) is 14.8. The van der Waals surface area contributed by atoms with E-state index in [-0.39, 0.29) is 46.2 Å². The van der Waals surface area contributed by atoms with Crippen LogP contribution in [0.3, 0.4) is 0 Å². The van der Waals surface area contributed by atoms with Crippen LogP contribution in [0.4, 0.5) is 0 Å². The molecule has 0 atom stereocenters. The van der Waals surface area contributed by atoms with Crippen molar-refractivity contribution in [3.05, 3.63) is 58.4 Å². The number of hydrogen-bond acceptors (Lipinski definition) is 8. The molecule has 0 spiro atoms. The van der Waals surface area contributed by atoms with Crippen LogP contribution < -0.4 is 9.46 Å². The molecule has 0 aliphatic rings. The molecule has 0 amide bonds. The molecule has 0 aliphatic heterocycles. The van der Waals surface area contributed by atoms with Gasteiger partial charge < -0.3 is 14.0 Å². The molecule has 164 valence electrons. The van der Waals surface area contributed by atoms with E-state index in [4.69, 9.17) is 37.2 Å². The van der Waals surface area contributed by atoms with Crippen LogP contribution in [-0.4, -0.2) is 38.2 Å². The van der Waals surface area contributed by atoms with Crippen molar-refractivity contribution in [3.63, 3.8) is 0 Å². The fourth-order valence-corrected chi connectivity index (χ4v) is 4.74. The van der Waals surface area contributed by atoms with Gasteiger partial charge in [-0.1, -0.05) is 46.6 Å². The van der Waals surface area contributed by atoms with E-state index in [2.05, 4.69) is 14.9 Å². The number of rotatable bonds is 9. The van der Waals surface area contributed by atoms with Gasteiger partial charge in [0.05, 0.1) is 29.1 Å². The maximum atomic E-state index is 12.3. The predicted octanol–water partition coefficient (Wildman–Crippen LogP) is 3.46. The molecule has 3 rings (SSSR count). The summed E-state index contributed by atoms with van der Waals surface area (Å²) < 4.78 is 42.3. The Morgan fingerprint density at radius 1 is 1.13 bits per heavy atom. The van der Waals surface area contributed by atoms with E-state index in [9.17, 15) is 13.2 Å². The minimum absolute atomic E-state index is 0.0233. The van der Waals surface area contributed by atoms with Crippen molar-refractivity contribution in [3.8, 4) is 17.1 Å². The number of carbonyl (C=O) groups excluding carboxylic acids is 1. The van der Waals surface area contributed by atoms with Crippen molar-refractivity contribution >= 4 is 39.2 Å². The summed E-state index contributed by atoms with van der Waals surface area (Å²) in [5.74, 6) is 0.272. The van der Waals surface area contributed by atoms with Crippen molar-refractivity contribution in [2.45, 2.75) is 17.9 Å². The lowest BCUT2D eigenvalue weighted by Crippen LogP contribution is -2.27. The number of carbonyl (C=O) groups is 1. The SMILES string of the molecule is COc1ccccc1-c1noc(COC(=O)CCNS(=O)(=O)c2c(Cl)cccc2Cl)n1. The number of aromatic nitrogens is 2. The highest BCUT2D eigenvalue weighted by Gasteiger charge is 2.21. The van der Waals surface area contributed by atoms with E-state index in [1.54, 1.807) is 24.3 Å². The molecule has 0 unspecified atom stereocenters. The van der Waals surface area contributed by atoms with E-state index in [0.717, 1.165) is 0 Å². The van der Waals surface area contributed by atoms with Gasteiger partial charge in [-0.25, -0.2) is 13.1 Å². The third-order valence-electron chi connectivity index (χ3n) is 3.98. The number of esters is 1. The highest BCUT2D eigenvalue weighted by Crippen LogP contribution is 2.29. The molecule has 0 saturated heterocycles. The first kappa shape index (κ1) is 23.0. The number of methoxy groups -OCH3 is 1. The average molecular weight is 486 g/mol. The van der Waals surface area contributed by atoms with Gasteiger partial charge in [-0.2, -0.15) is 4.98 Å². The Bertz CT molecular complexity index is 1160. The van der Waals surface area contributed by atoms with Crippen LogP contribution in [-0.2, 0) is 26.2 Å². The highest BCUT2D eigenvalue weighted by atomic mass is 35.5. The Labute approximate surface area is 188 Å². The second kappa shape index (κ2) is 10.1. The van der Waals surface area contributed by atoms with Crippen molar-refractivity contribution in [2.75, 3.05) is 13.7 Å². The van der Waals surface area contributed by atoms with E-state index in [1.807, 2.05) is 0 Å². The van der Waals surface area contributed by atoms with E-state index < -0.39 is 16.0 Å². The standard InChI is InChI=1S/C19H17Cl2N3O6S/c1-28-15-8-3-2-5-12(15)19-23-16(30-24-19)11-29-17(25)9-10-22-31(26,27)18-13(20)6-4-7-14(18)21/h2-8,22H,9-11H2,1H3. The predicted molar refractivity (Wildman–Crippen MR) is 112 cm³/mol. The number of nitrogens with one attached hydrogen (secondary N) is 1. The molecule has 12 heteroatoms. The summed E-state index contributed by atoms with van der Waals surface area (Å²) in [4.78, 5) is 15.8. The zero-order valence-corrected chi connectivity index (χ0v) is 18.5. The third-order valence-corrected chi connectivity index (χ3v) is 6.40. The first-order valence-corrected chi connectivity index (χ1v) is 11.1. The maximum Gasteiger partial charge on any atom is 0.307 e. The van der Waals surface area contributed by atoms with Gasteiger partial charge in [0.25, 0.3) is 5.89 Å². The zero-order chi connectivity index (χ0) is 22.4. The number of nitrogens with zero attached hydrogens (tertiary/aromatic N) is 2. The van der Waals surface area contributed by atoms with Gasteiger partial charge in [-0.15, -0.1) is 0 Å². The van der Waals surface area contributed by atoms with Crippen LogP contribution in [0.2, 0.25) is 10.0 Å². The van der Waals surface area contributed by atoms with Crippen LogP contribution in [0.5, 0.6) is 5.75 Å². The van der Waals surface area contributed by atoms with Gasteiger partial charge in [0.15, 0.2) is 6.61 Å². The van der Waals surface area contributed by atoms with Gasteiger partial charge in [0.1, 0.15) is 10.6 Å². The summed E-state index contributed by atoms with van der Waals surface area (Å²) in [6, 6.07) is 11.4. The van der Waals surface area contributed by atoms with Crippen LogP contribution in [0.25, 0.3) is 11.4 Å². The minimum atomic E-state index is -3.99. The fraction of sp³-hybridized carbons (Fsp3) is 0.211. The molecule has 1 aromatic heterocycles. The molecule has 0 bridgehead atoms. The summed E-state index contributed by atoms with van der Waals surface area (Å²) in [6.07, 6.45) is -0.227. The fourth-order valence-electron chi connectivity index (χ4n) is 2.57. The molecule has 31 heavy (non-hydrogen) atoms. The average Bonchev–Trinajstić information content (AvgIpc) is 3.20. The van der Waals surface area contributed by atoms with Crippen molar-refractivity contribution < 1.29 is 27.2 Å². The molecule has 0 fully saturated rings. The second-order valence-electron chi connectivity index (χ2n) is 6.07. The number of ether oxygens (including phenoxy) is 2. The number of para-hydroxylation sites is 1. The Morgan fingerprint density at radius 3 is 2.55 bits per heavy atom. The molecule has 0 aliphatic carbocycles. The molecule has 2 aromatic carbocycles. The van der Waals surface area contributed by atoms with E-state index in [0.29, 0.717) is 11.3 Å². The lowest BCUT2D eigenvalue weighted by molar-refractivity contribution is -0.145. The summed E-state index contributed by atoms with van der Waals surface area (Å²) in [5, 5.41) is 3.80. The normalized spacial score (nSPS) is 11.3. The van der Waals surface area contributed by atoms with Crippen molar-refractivity contribution in [1.29, 1.82) is 0 Å². The molecule has 1 heterocycles. The smallest absolute Gasteiger partial charge is 0.307 e. The summed E-state index contributed by atoms with van der Waals surface area (Å²) in [7, 11) is -2.47. The number of halogens is 2. The number of sulfonamides is 1. The highest BCUT2D eigenvalue weighted by molar-refractivity contribution is 7.89. The number of hydrogen-bond donors (Lipinski definition) is 1. The van der Waals surface area contributed by atoms with Gasteiger partial charge in [-0.05, 0) is 24.3 Å². The lowest BCUT2D eigenvalue weighted by atomic mass is 10.2. The molecule has 3 aromatic rings. The molecule has 1 N–H and O–H groups in total. The van der Waals surface area contributed by atoms with Gasteiger partial charge in [0.2, 0.25) is 15.8 Å². The summed E-state index contributed by atoms with van der Waals surface area (Å²) in [5.41, 5.74) is 0.624. The number of benzene rings is 2. The largest absolute Gasteiger partial charge is 0.496 e. The molecule has 0 saturated carbocycles.